The molecule has 0 heterocycles. The number of nitrogens with one attached hydrogen (secondary N) is 2. The predicted octanol–water partition coefficient (Wildman–Crippen LogP) is 2.60. The topological polar surface area (TPSA) is 87.7 Å². The number of hydrogen-bond donors (Lipinski definition) is 3. The molecule has 1 unspecified atom stereocenters. The van der Waals surface area contributed by atoms with E-state index < -0.39 is 23.9 Å². The molecular formula is C14H19FN2O4. The van der Waals surface area contributed by atoms with Crippen molar-refractivity contribution in [3.05, 3.63) is 24.0 Å². The number of anilines is 1. The molecule has 0 aliphatic rings. The number of hydrogen-bond acceptors (Lipinski definition) is 3. The van der Waals surface area contributed by atoms with Crippen LogP contribution < -0.4 is 15.4 Å². The molecule has 3 N–H and O–H groups in total. The Labute approximate surface area is 122 Å². The second-order valence-electron chi connectivity index (χ2n) is 4.53. The van der Waals surface area contributed by atoms with Crippen molar-refractivity contribution in [2.75, 3.05) is 12.4 Å². The number of carbonyl (C=O) groups is 2. The van der Waals surface area contributed by atoms with E-state index in [-0.39, 0.29) is 17.9 Å². The summed E-state index contributed by atoms with van der Waals surface area (Å²) < 4.78 is 18.3. The fourth-order valence-electron chi connectivity index (χ4n) is 1.88. The standard InChI is InChI=1S/C14H19FN2O4/c1-3-4-9(8-13(18)19)16-14(20)17-10-5-6-12(21-2)11(15)7-10/h5-7,9H,3-4,8H2,1-2H3,(H,18,19)(H2,16,17,20). The zero-order chi connectivity index (χ0) is 15.8. The van der Waals surface area contributed by atoms with Gasteiger partial charge in [-0.2, -0.15) is 0 Å². The van der Waals surface area contributed by atoms with Gasteiger partial charge >= 0.3 is 12.0 Å². The van der Waals surface area contributed by atoms with Crippen molar-refractivity contribution in [3.8, 4) is 5.75 Å². The van der Waals surface area contributed by atoms with Gasteiger partial charge in [0.2, 0.25) is 0 Å². The summed E-state index contributed by atoms with van der Waals surface area (Å²) in [5, 5.41) is 13.8. The van der Waals surface area contributed by atoms with E-state index >= 15 is 0 Å². The first-order chi connectivity index (χ1) is 9.96. The van der Waals surface area contributed by atoms with Gasteiger partial charge in [0.25, 0.3) is 0 Å². The molecule has 21 heavy (non-hydrogen) atoms. The van der Waals surface area contributed by atoms with E-state index in [9.17, 15) is 14.0 Å². The number of halogens is 1. The second-order valence-corrected chi connectivity index (χ2v) is 4.53. The van der Waals surface area contributed by atoms with Crippen LogP contribution in [0.25, 0.3) is 0 Å². The number of carboxylic acids is 1. The fourth-order valence-corrected chi connectivity index (χ4v) is 1.88. The third-order valence-corrected chi connectivity index (χ3v) is 2.80. The van der Waals surface area contributed by atoms with Gasteiger partial charge in [-0.3, -0.25) is 4.79 Å². The fraction of sp³-hybridized carbons (Fsp3) is 0.429. The van der Waals surface area contributed by atoms with Crippen LogP contribution in [0.2, 0.25) is 0 Å². The van der Waals surface area contributed by atoms with Gasteiger partial charge in [0, 0.05) is 17.8 Å². The van der Waals surface area contributed by atoms with Crippen molar-refractivity contribution >= 4 is 17.7 Å². The minimum Gasteiger partial charge on any atom is -0.494 e. The second kappa shape index (κ2) is 8.08. The van der Waals surface area contributed by atoms with Gasteiger partial charge in [0.1, 0.15) is 0 Å². The van der Waals surface area contributed by atoms with Crippen LogP contribution in [0.3, 0.4) is 0 Å². The highest BCUT2D eigenvalue weighted by Gasteiger charge is 2.15. The van der Waals surface area contributed by atoms with Gasteiger partial charge < -0.3 is 20.5 Å². The smallest absolute Gasteiger partial charge is 0.319 e. The summed E-state index contributed by atoms with van der Waals surface area (Å²) in [5.41, 5.74) is 0.261. The monoisotopic (exact) mass is 298 g/mol. The van der Waals surface area contributed by atoms with E-state index in [2.05, 4.69) is 10.6 Å². The van der Waals surface area contributed by atoms with Gasteiger partial charge in [-0.05, 0) is 18.6 Å². The minimum absolute atomic E-state index is 0.0793. The number of urea groups is 1. The molecule has 1 rings (SSSR count). The lowest BCUT2D eigenvalue weighted by Crippen LogP contribution is -2.39. The van der Waals surface area contributed by atoms with Crippen molar-refractivity contribution in [1.29, 1.82) is 0 Å². The highest BCUT2D eigenvalue weighted by atomic mass is 19.1. The maximum Gasteiger partial charge on any atom is 0.319 e. The Bertz CT molecular complexity index is 508. The van der Waals surface area contributed by atoms with Crippen molar-refractivity contribution in [2.24, 2.45) is 0 Å². The molecule has 1 aromatic carbocycles. The molecule has 0 fully saturated rings. The Morgan fingerprint density at radius 3 is 2.67 bits per heavy atom. The van der Waals surface area contributed by atoms with Crippen LogP contribution >= 0.6 is 0 Å². The molecule has 0 spiro atoms. The zero-order valence-electron chi connectivity index (χ0n) is 12.0. The number of carbonyl (C=O) groups excluding carboxylic acids is 1. The van der Waals surface area contributed by atoms with Crippen LogP contribution in [0.5, 0.6) is 5.75 Å². The molecule has 2 amide bonds. The zero-order valence-corrected chi connectivity index (χ0v) is 12.0. The number of benzene rings is 1. The van der Waals surface area contributed by atoms with E-state index in [1.165, 1.54) is 19.2 Å². The first-order valence-electron chi connectivity index (χ1n) is 6.59. The van der Waals surface area contributed by atoms with E-state index in [0.717, 1.165) is 12.5 Å². The van der Waals surface area contributed by atoms with Gasteiger partial charge in [-0.15, -0.1) is 0 Å². The number of rotatable bonds is 7. The van der Waals surface area contributed by atoms with E-state index in [0.29, 0.717) is 6.42 Å². The Morgan fingerprint density at radius 1 is 1.43 bits per heavy atom. The summed E-state index contributed by atoms with van der Waals surface area (Å²) in [7, 11) is 1.35. The first-order valence-corrected chi connectivity index (χ1v) is 6.59. The molecule has 116 valence electrons. The molecule has 0 saturated carbocycles. The Hall–Kier alpha value is -2.31. The molecule has 1 aromatic rings. The molecule has 0 aliphatic heterocycles. The lowest BCUT2D eigenvalue weighted by atomic mass is 10.1. The average Bonchev–Trinajstić information content (AvgIpc) is 2.38. The highest BCUT2D eigenvalue weighted by molar-refractivity contribution is 5.89. The van der Waals surface area contributed by atoms with Crippen LogP contribution in [0.15, 0.2) is 18.2 Å². The number of ether oxygens (including phenoxy) is 1. The largest absolute Gasteiger partial charge is 0.494 e. The van der Waals surface area contributed by atoms with Crippen LogP contribution in [-0.4, -0.2) is 30.3 Å². The van der Waals surface area contributed by atoms with Gasteiger partial charge in [-0.1, -0.05) is 13.3 Å². The van der Waals surface area contributed by atoms with Crippen LogP contribution in [0.1, 0.15) is 26.2 Å². The molecule has 1 atom stereocenters. The summed E-state index contributed by atoms with van der Waals surface area (Å²) in [6.07, 6.45) is 1.14. The van der Waals surface area contributed by atoms with Crippen molar-refractivity contribution < 1.29 is 23.8 Å². The summed E-state index contributed by atoms with van der Waals surface area (Å²) in [6, 6.07) is 2.98. The van der Waals surface area contributed by atoms with Crippen molar-refractivity contribution in [2.45, 2.75) is 32.2 Å². The maximum atomic E-state index is 13.5. The lowest BCUT2D eigenvalue weighted by molar-refractivity contribution is -0.137. The molecule has 0 aromatic heterocycles. The number of methoxy groups -OCH3 is 1. The average molecular weight is 298 g/mol. The van der Waals surface area contributed by atoms with E-state index in [1.54, 1.807) is 0 Å². The molecule has 0 radical (unpaired) electrons. The third kappa shape index (κ3) is 5.68. The highest BCUT2D eigenvalue weighted by Crippen LogP contribution is 2.20. The minimum atomic E-state index is -0.982. The molecule has 6 nitrogen and oxygen atoms in total. The Morgan fingerprint density at radius 2 is 2.14 bits per heavy atom. The first kappa shape index (κ1) is 16.7. The van der Waals surface area contributed by atoms with Gasteiger partial charge in [-0.25, -0.2) is 9.18 Å². The third-order valence-electron chi connectivity index (χ3n) is 2.80. The molecule has 0 bridgehead atoms. The quantitative estimate of drug-likeness (QED) is 0.722. The summed E-state index contributed by atoms with van der Waals surface area (Å²) >= 11 is 0. The molecule has 7 heteroatoms. The SMILES string of the molecule is CCCC(CC(=O)O)NC(=O)Nc1ccc(OC)c(F)c1. The van der Waals surface area contributed by atoms with Gasteiger partial charge in [0.15, 0.2) is 11.6 Å². The van der Waals surface area contributed by atoms with Gasteiger partial charge in [0.05, 0.1) is 13.5 Å². The van der Waals surface area contributed by atoms with Crippen LogP contribution in [0.4, 0.5) is 14.9 Å². The van der Waals surface area contributed by atoms with Crippen LogP contribution in [0, 0.1) is 5.82 Å². The Balaban J connectivity index is 2.62. The number of amides is 2. The number of aliphatic carboxylic acids is 1. The summed E-state index contributed by atoms with van der Waals surface area (Å²) in [6.45, 7) is 1.90. The Kier molecular flexibility index (Phi) is 6.45. The lowest BCUT2D eigenvalue weighted by Gasteiger charge is -2.16. The van der Waals surface area contributed by atoms with E-state index in [4.69, 9.17) is 9.84 Å². The van der Waals surface area contributed by atoms with Crippen molar-refractivity contribution in [3.63, 3.8) is 0 Å². The van der Waals surface area contributed by atoms with E-state index in [1.807, 2.05) is 6.92 Å². The molecular weight excluding hydrogens is 279 g/mol. The summed E-state index contributed by atoms with van der Waals surface area (Å²) in [4.78, 5) is 22.5. The summed E-state index contributed by atoms with van der Waals surface area (Å²) in [5.74, 6) is -1.49. The van der Waals surface area contributed by atoms with Crippen molar-refractivity contribution in [1.82, 2.24) is 5.32 Å². The van der Waals surface area contributed by atoms with Crippen LogP contribution in [-0.2, 0) is 4.79 Å². The molecule has 0 aliphatic carbocycles. The number of carboxylic acid groups (broad SMARTS) is 1. The maximum absolute atomic E-state index is 13.5. The predicted molar refractivity (Wildman–Crippen MR) is 76.1 cm³/mol. The molecule has 0 saturated heterocycles. The normalized spacial score (nSPS) is 11.6.